The summed E-state index contributed by atoms with van der Waals surface area (Å²) in [6.07, 6.45) is -7.54. The highest BCUT2D eigenvalue weighted by atomic mass is 16.8. The van der Waals surface area contributed by atoms with Crippen LogP contribution in [-0.2, 0) is 73.8 Å². The van der Waals surface area contributed by atoms with Crippen molar-refractivity contribution in [2.45, 2.75) is 114 Å². The van der Waals surface area contributed by atoms with Crippen LogP contribution in [0.1, 0.15) is 53.9 Å². The Bertz CT molecular complexity index is 1990. The predicted molar refractivity (Wildman–Crippen MR) is 230 cm³/mol. The summed E-state index contributed by atoms with van der Waals surface area (Å²) < 4.78 is 66.5. The molecule has 1 unspecified atom stereocenters. The molecule has 0 saturated carbocycles. The molecule has 0 radical (unpaired) electrons. The van der Waals surface area contributed by atoms with Crippen LogP contribution < -0.4 is 0 Å². The Labute approximate surface area is 364 Å². The molecule has 3 aliphatic rings. The maximum Gasteiger partial charge on any atom is 0.187 e. The zero-order valence-electron chi connectivity index (χ0n) is 35.2. The molecule has 11 nitrogen and oxygen atoms in total. The minimum absolute atomic E-state index is 0.123. The van der Waals surface area contributed by atoms with Gasteiger partial charge in [-0.3, -0.25) is 0 Å². The van der Waals surface area contributed by atoms with E-state index in [4.69, 9.17) is 47.4 Å². The number of ether oxygens (including phenoxy) is 10. The maximum atomic E-state index is 12.4. The van der Waals surface area contributed by atoms with Crippen LogP contribution in [0.5, 0.6) is 0 Å². The Morgan fingerprint density at radius 1 is 0.532 bits per heavy atom. The first kappa shape index (κ1) is 44.3. The van der Waals surface area contributed by atoms with Gasteiger partial charge < -0.3 is 52.5 Å². The number of aliphatic hydroxyl groups is 1. The third kappa shape index (κ3) is 11.8. The minimum atomic E-state index is -1.29. The summed E-state index contributed by atoms with van der Waals surface area (Å²) in [4.78, 5) is 0. The molecule has 0 spiro atoms. The first-order valence-corrected chi connectivity index (χ1v) is 21.8. The van der Waals surface area contributed by atoms with Gasteiger partial charge in [0.1, 0.15) is 48.8 Å². The van der Waals surface area contributed by atoms with Crippen molar-refractivity contribution in [2.75, 3.05) is 19.8 Å². The maximum absolute atomic E-state index is 12.4. The first-order chi connectivity index (χ1) is 30.6. The number of hydrogen-bond donors (Lipinski definition) is 1. The highest BCUT2D eigenvalue weighted by Crippen LogP contribution is 2.39. The Morgan fingerprint density at radius 2 is 1.05 bits per heavy atom. The molecule has 0 aromatic heterocycles. The molecule has 328 valence electrons. The van der Waals surface area contributed by atoms with E-state index in [9.17, 15) is 5.11 Å². The van der Waals surface area contributed by atoms with E-state index >= 15 is 0 Å². The summed E-state index contributed by atoms with van der Waals surface area (Å²) in [5.74, 6) is 0. The average molecular weight is 847 g/mol. The standard InChI is InChI=1S/C51H58O11/c1-2-3-29-54-51-48(57-33-39-25-15-7-16-26-39)47(56-32-38-23-13-6-14-24-38)45(41(60-51)34-53-30-36-19-9-4-10-20-36)62-50-43(52)46(55-31-37-21-11-5-12-22-37)44-42(59-50)35-58-49(61-44)40-27-17-8-18-28-40/h4-28,41-52H,2-3,29-35H2,1H3/t41-,42-,43+,44-,45-,46-,47+,48-,49?,50+,51-/m1/s1. The fourth-order valence-corrected chi connectivity index (χ4v) is 7.99. The molecule has 3 saturated heterocycles. The van der Waals surface area contributed by atoms with Crippen molar-refractivity contribution in [3.05, 3.63) is 179 Å². The molecule has 5 aromatic carbocycles. The Hall–Kier alpha value is -4.34. The third-order valence-corrected chi connectivity index (χ3v) is 11.3. The Morgan fingerprint density at radius 3 is 1.61 bits per heavy atom. The van der Waals surface area contributed by atoms with E-state index in [2.05, 4.69) is 6.92 Å². The predicted octanol–water partition coefficient (Wildman–Crippen LogP) is 8.09. The van der Waals surface area contributed by atoms with Gasteiger partial charge in [-0.1, -0.05) is 165 Å². The fourth-order valence-electron chi connectivity index (χ4n) is 7.99. The molecule has 0 amide bonds. The van der Waals surface area contributed by atoms with Gasteiger partial charge in [-0.05, 0) is 28.7 Å². The van der Waals surface area contributed by atoms with Crippen LogP contribution in [0.15, 0.2) is 152 Å². The SMILES string of the molecule is CCCCO[C@@H]1O[C@H](COCc2ccccc2)[C@@H](O[C@@H]2O[C@@H]3COC(c4ccccc4)O[C@H]3[C@H](OCc3ccccc3)[C@@H]2O)[C@H](OCc2ccccc2)[C@H]1OCc1ccccc1. The van der Waals surface area contributed by atoms with E-state index in [-0.39, 0.29) is 33.0 Å². The lowest BCUT2D eigenvalue weighted by Crippen LogP contribution is -2.67. The summed E-state index contributed by atoms with van der Waals surface area (Å²) in [6, 6.07) is 49.4. The molecule has 11 atom stereocenters. The third-order valence-electron chi connectivity index (χ3n) is 11.3. The second kappa shape index (κ2) is 22.8. The number of aliphatic hydroxyl groups excluding tert-OH is 1. The van der Waals surface area contributed by atoms with Crippen molar-refractivity contribution in [1.29, 1.82) is 0 Å². The molecule has 3 fully saturated rings. The van der Waals surface area contributed by atoms with E-state index in [1.165, 1.54) is 0 Å². The zero-order valence-corrected chi connectivity index (χ0v) is 35.2. The molecule has 5 aromatic rings. The molecule has 3 heterocycles. The molecule has 8 rings (SSSR count). The monoisotopic (exact) mass is 846 g/mol. The topological polar surface area (TPSA) is 113 Å². The van der Waals surface area contributed by atoms with Crippen LogP contribution >= 0.6 is 0 Å². The molecule has 0 bridgehead atoms. The van der Waals surface area contributed by atoms with Crippen LogP contribution in [0.2, 0.25) is 0 Å². The van der Waals surface area contributed by atoms with E-state index in [0.29, 0.717) is 13.2 Å². The second-order valence-electron chi connectivity index (χ2n) is 15.9. The number of rotatable bonds is 20. The Balaban J connectivity index is 1.11. The summed E-state index contributed by atoms with van der Waals surface area (Å²) >= 11 is 0. The highest BCUT2D eigenvalue weighted by molar-refractivity contribution is 5.18. The molecule has 62 heavy (non-hydrogen) atoms. The van der Waals surface area contributed by atoms with E-state index in [1.807, 2.05) is 152 Å². The van der Waals surface area contributed by atoms with Crippen LogP contribution in [-0.4, -0.2) is 86.3 Å². The van der Waals surface area contributed by atoms with Gasteiger partial charge in [0.25, 0.3) is 0 Å². The van der Waals surface area contributed by atoms with Gasteiger partial charge in [0.15, 0.2) is 18.9 Å². The van der Waals surface area contributed by atoms with Crippen molar-refractivity contribution in [1.82, 2.24) is 0 Å². The summed E-state index contributed by atoms with van der Waals surface area (Å²) in [5.41, 5.74) is 4.77. The van der Waals surface area contributed by atoms with Gasteiger partial charge in [0, 0.05) is 12.2 Å². The lowest BCUT2D eigenvalue weighted by molar-refractivity contribution is -0.393. The van der Waals surface area contributed by atoms with Crippen LogP contribution in [0.4, 0.5) is 0 Å². The number of hydrogen-bond acceptors (Lipinski definition) is 11. The first-order valence-electron chi connectivity index (χ1n) is 21.8. The molecule has 3 aliphatic heterocycles. The van der Waals surface area contributed by atoms with E-state index in [1.54, 1.807) is 0 Å². The average Bonchev–Trinajstić information content (AvgIpc) is 3.32. The summed E-state index contributed by atoms with van der Waals surface area (Å²) in [7, 11) is 0. The minimum Gasteiger partial charge on any atom is -0.385 e. The number of unbranched alkanes of at least 4 members (excludes halogenated alkanes) is 1. The van der Waals surface area contributed by atoms with Crippen molar-refractivity contribution in [2.24, 2.45) is 0 Å². The highest BCUT2D eigenvalue weighted by Gasteiger charge is 2.55. The molecule has 11 heteroatoms. The molecule has 1 N–H and O–H groups in total. The zero-order chi connectivity index (χ0) is 42.4. The van der Waals surface area contributed by atoms with Crippen molar-refractivity contribution >= 4 is 0 Å². The summed E-state index contributed by atoms with van der Waals surface area (Å²) in [5, 5.41) is 12.4. The molecule has 0 aliphatic carbocycles. The summed E-state index contributed by atoms with van der Waals surface area (Å²) in [6.45, 7) is 3.97. The van der Waals surface area contributed by atoms with E-state index < -0.39 is 67.7 Å². The normalized spacial score (nSPS) is 28.6. The Kier molecular flexibility index (Phi) is 16.3. The van der Waals surface area contributed by atoms with Gasteiger partial charge >= 0.3 is 0 Å². The number of fused-ring (bicyclic) bond motifs is 1. The van der Waals surface area contributed by atoms with Crippen molar-refractivity contribution in [3.8, 4) is 0 Å². The lowest BCUT2D eigenvalue weighted by atomic mass is 9.95. The molecular formula is C51H58O11. The molecular weight excluding hydrogens is 789 g/mol. The van der Waals surface area contributed by atoms with Crippen LogP contribution in [0, 0.1) is 0 Å². The quantitative estimate of drug-likeness (QED) is 0.0768. The second-order valence-corrected chi connectivity index (χ2v) is 15.9. The van der Waals surface area contributed by atoms with Crippen molar-refractivity contribution < 1.29 is 52.5 Å². The van der Waals surface area contributed by atoms with Gasteiger partial charge in [-0.2, -0.15) is 0 Å². The van der Waals surface area contributed by atoms with Crippen LogP contribution in [0.3, 0.4) is 0 Å². The number of benzene rings is 5. The smallest absolute Gasteiger partial charge is 0.187 e. The van der Waals surface area contributed by atoms with Crippen molar-refractivity contribution in [3.63, 3.8) is 0 Å². The lowest BCUT2D eigenvalue weighted by Gasteiger charge is -2.50. The van der Waals surface area contributed by atoms with E-state index in [0.717, 1.165) is 40.7 Å². The van der Waals surface area contributed by atoms with Gasteiger partial charge in [0.05, 0.1) is 39.6 Å². The fraction of sp³-hybridized carbons (Fsp3) is 0.412. The largest absolute Gasteiger partial charge is 0.385 e. The van der Waals surface area contributed by atoms with Gasteiger partial charge in [-0.15, -0.1) is 0 Å². The van der Waals surface area contributed by atoms with Gasteiger partial charge in [0.2, 0.25) is 0 Å². The van der Waals surface area contributed by atoms with Gasteiger partial charge in [-0.25, -0.2) is 0 Å². The van der Waals surface area contributed by atoms with Crippen LogP contribution in [0.25, 0.3) is 0 Å².